The molecule has 2 N–H and O–H groups in total. The SMILES string of the molecule is C=C(/C=C\C(=C/C)C(F)(F)F)[C@H](NC(=O)c1ccc(NC(C)=O)nc1)c1ncccc1C(F)(F)F. The number of halogens is 6. The van der Waals surface area contributed by atoms with Crippen LogP contribution in [0.4, 0.5) is 32.2 Å². The molecule has 2 aromatic rings. The van der Waals surface area contributed by atoms with Gasteiger partial charge in [-0.15, -0.1) is 0 Å². The average molecular weight is 498 g/mol. The first-order valence-electron chi connectivity index (χ1n) is 9.91. The number of hydrogen-bond acceptors (Lipinski definition) is 4. The molecule has 0 fully saturated rings. The summed E-state index contributed by atoms with van der Waals surface area (Å²) in [5.74, 6) is -1.17. The Balaban J connectivity index is 2.46. The van der Waals surface area contributed by atoms with Crippen molar-refractivity contribution in [3.8, 4) is 0 Å². The summed E-state index contributed by atoms with van der Waals surface area (Å²) < 4.78 is 79.9. The summed E-state index contributed by atoms with van der Waals surface area (Å²) in [6.45, 7) is 5.96. The Morgan fingerprint density at radius 1 is 1.06 bits per heavy atom. The number of allylic oxidation sites excluding steroid dienone is 3. The van der Waals surface area contributed by atoms with Crippen LogP contribution in [0.25, 0.3) is 0 Å². The summed E-state index contributed by atoms with van der Waals surface area (Å²) in [6, 6.07) is 2.70. The fourth-order valence-electron chi connectivity index (χ4n) is 2.87. The third kappa shape index (κ3) is 7.52. The monoisotopic (exact) mass is 498 g/mol. The number of rotatable bonds is 7. The Morgan fingerprint density at radius 3 is 2.26 bits per heavy atom. The number of alkyl halides is 6. The molecule has 2 heterocycles. The summed E-state index contributed by atoms with van der Waals surface area (Å²) >= 11 is 0. The summed E-state index contributed by atoms with van der Waals surface area (Å²) in [7, 11) is 0. The topological polar surface area (TPSA) is 84.0 Å². The molecule has 6 nitrogen and oxygen atoms in total. The number of amides is 2. The quantitative estimate of drug-likeness (QED) is 0.388. The van der Waals surface area contributed by atoms with Gasteiger partial charge in [-0.1, -0.05) is 24.8 Å². The molecule has 1 atom stereocenters. The predicted octanol–water partition coefficient (Wildman–Crippen LogP) is 5.55. The summed E-state index contributed by atoms with van der Waals surface area (Å²) in [5.41, 5.74) is -3.27. The highest BCUT2D eigenvalue weighted by Gasteiger charge is 2.37. The summed E-state index contributed by atoms with van der Waals surface area (Å²) in [6.07, 6.45) is -5.16. The molecule has 0 spiro atoms. The number of carbonyl (C=O) groups is 2. The van der Waals surface area contributed by atoms with Gasteiger partial charge in [-0.25, -0.2) is 4.98 Å². The Morgan fingerprint density at radius 2 is 1.74 bits per heavy atom. The number of aromatic nitrogens is 2. The molecule has 2 rings (SSSR count). The second kappa shape index (κ2) is 11.0. The van der Waals surface area contributed by atoms with E-state index in [1.807, 2.05) is 0 Å². The van der Waals surface area contributed by atoms with E-state index in [-0.39, 0.29) is 17.0 Å². The molecular weight excluding hydrogens is 478 g/mol. The molecule has 35 heavy (non-hydrogen) atoms. The van der Waals surface area contributed by atoms with E-state index in [4.69, 9.17) is 0 Å². The first-order valence-corrected chi connectivity index (χ1v) is 9.91. The van der Waals surface area contributed by atoms with E-state index >= 15 is 0 Å². The number of nitrogens with zero attached hydrogens (tertiary/aromatic N) is 2. The lowest BCUT2D eigenvalue weighted by molar-refractivity contribution is -0.138. The second-order valence-electron chi connectivity index (χ2n) is 7.10. The van der Waals surface area contributed by atoms with Crippen LogP contribution in [0, 0.1) is 0 Å². The molecule has 0 bridgehead atoms. The number of hydrogen-bond donors (Lipinski definition) is 2. The predicted molar refractivity (Wildman–Crippen MR) is 116 cm³/mol. The van der Waals surface area contributed by atoms with E-state index in [2.05, 4.69) is 27.2 Å². The van der Waals surface area contributed by atoms with Crippen LogP contribution in [0.3, 0.4) is 0 Å². The van der Waals surface area contributed by atoms with Gasteiger partial charge in [-0.3, -0.25) is 14.6 Å². The number of nitrogens with one attached hydrogen (secondary N) is 2. The van der Waals surface area contributed by atoms with Crippen molar-refractivity contribution in [1.82, 2.24) is 15.3 Å². The lowest BCUT2D eigenvalue weighted by Gasteiger charge is -2.22. The highest BCUT2D eigenvalue weighted by Crippen LogP contribution is 2.36. The summed E-state index contributed by atoms with van der Waals surface area (Å²) in [5, 5.41) is 4.71. The van der Waals surface area contributed by atoms with Gasteiger partial charge in [0, 0.05) is 19.3 Å². The molecule has 0 aliphatic rings. The van der Waals surface area contributed by atoms with Crippen LogP contribution in [0.2, 0.25) is 0 Å². The van der Waals surface area contributed by atoms with Gasteiger partial charge < -0.3 is 10.6 Å². The lowest BCUT2D eigenvalue weighted by atomic mass is 9.98. The first-order chi connectivity index (χ1) is 16.2. The minimum atomic E-state index is -4.86. The van der Waals surface area contributed by atoms with Crippen molar-refractivity contribution in [1.29, 1.82) is 0 Å². The minimum absolute atomic E-state index is 0.0881. The highest BCUT2D eigenvalue weighted by molar-refractivity contribution is 5.95. The van der Waals surface area contributed by atoms with Crippen LogP contribution in [0.5, 0.6) is 0 Å². The number of carbonyl (C=O) groups excluding carboxylic acids is 2. The molecule has 0 saturated carbocycles. The smallest absolute Gasteiger partial charge is 0.339 e. The van der Waals surface area contributed by atoms with Gasteiger partial charge in [-0.2, -0.15) is 26.3 Å². The van der Waals surface area contributed by atoms with E-state index in [1.165, 1.54) is 19.1 Å². The van der Waals surface area contributed by atoms with Crippen molar-refractivity contribution in [3.63, 3.8) is 0 Å². The molecule has 0 radical (unpaired) electrons. The fraction of sp³-hybridized carbons (Fsp3) is 0.217. The zero-order valence-electron chi connectivity index (χ0n) is 18.5. The van der Waals surface area contributed by atoms with Crippen LogP contribution < -0.4 is 10.6 Å². The first kappa shape index (κ1) is 27.3. The van der Waals surface area contributed by atoms with Crippen LogP contribution in [0.1, 0.15) is 41.5 Å². The largest absolute Gasteiger partial charge is 0.418 e. The zero-order chi connectivity index (χ0) is 26.4. The molecule has 2 amide bonds. The molecule has 0 unspecified atom stereocenters. The maximum Gasteiger partial charge on any atom is 0.418 e. The third-order valence-corrected chi connectivity index (χ3v) is 4.51. The highest BCUT2D eigenvalue weighted by atomic mass is 19.4. The standard InChI is InChI=1S/C23H20F6N4O2/c1-4-16(22(24,25)26)9-7-13(2)19(20-17(23(27,28)29)6-5-11-30-20)33-21(35)15-8-10-18(31-12-15)32-14(3)34/h4-12,19H,2H2,1,3H3,(H,33,35)(H,31,32,34)/b9-7-,16-4+/t19-/m0/s1. The minimum Gasteiger partial charge on any atom is -0.339 e. The normalized spacial score (nSPS) is 13.4. The summed E-state index contributed by atoms with van der Waals surface area (Å²) in [4.78, 5) is 31.5. The molecule has 0 aromatic carbocycles. The Hall–Kier alpha value is -3.96. The van der Waals surface area contributed by atoms with E-state index < -0.39 is 47.0 Å². The van der Waals surface area contributed by atoms with Crippen molar-refractivity contribution in [2.75, 3.05) is 5.32 Å². The van der Waals surface area contributed by atoms with Crippen LogP contribution in [-0.2, 0) is 11.0 Å². The van der Waals surface area contributed by atoms with Gasteiger partial charge in [0.05, 0.1) is 28.4 Å². The van der Waals surface area contributed by atoms with Crippen molar-refractivity contribution >= 4 is 17.6 Å². The number of anilines is 1. The maximum absolute atomic E-state index is 13.6. The maximum atomic E-state index is 13.6. The molecule has 2 aromatic heterocycles. The third-order valence-electron chi connectivity index (χ3n) is 4.51. The van der Waals surface area contributed by atoms with E-state index in [0.717, 1.165) is 43.6 Å². The zero-order valence-corrected chi connectivity index (χ0v) is 18.5. The molecule has 0 aliphatic heterocycles. The van der Waals surface area contributed by atoms with Crippen LogP contribution >= 0.6 is 0 Å². The van der Waals surface area contributed by atoms with Gasteiger partial charge in [0.2, 0.25) is 5.91 Å². The van der Waals surface area contributed by atoms with Crippen molar-refractivity contribution in [2.45, 2.75) is 32.2 Å². The molecule has 186 valence electrons. The van der Waals surface area contributed by atoms with Gasteiger partial charge in [0.1, 0.15) is 5.82 Å². The Bertz CT molecular complexity index is 1150. The van der Waals surface area contributed by atoms with Crippen LogP contribution in [-0.4, -0.2) is 28.0 Å². The van der Waals surface area contributed by atoms with Gasteiger partial charge in [0.25, 0.3) is 5.91 Å². The lowest BCUT2D eigenvalue weighted by Crippen LogP contribution is -2.31. The van der Waals surface area contributed by atoms with Gasteiger partial charge in [-0.05, 0) is 36.8 Å². The van der Waals surface area contributed by atoms with Crippen LogP contribution in [0.15, 0.2) is 72.6 Å². The molecular formula is C23H20F6N4O2. The van der Waals surface area contributed by atoms with Gasteiger partial charge in [0.15, 0.2) is 0 Å². The van der Waals surface area contributed by atoms with E-state index in [9.17, 15) is 35.9 Å². The Kier molecular flexibility index (Phi) is 8.56. The average Bonchev–Trinajstić information content (AvgIpc) is 2.76. The molecule has 0 saturated heterocycles. The van der Waals surface area contributed by atoms with Crippen molar-refractivity contribution < 1.29 is 35.9 Å². The molecule has 0 aliphatic carbocycles. The second-order valence-corrected chi connectivity index (χ2v) is 7.10. The fourth-order valence-corrected chi connectivity index (χ4v) is 2.87. The van der Waals surface area contributed by atoms with E-state index in [0.29, 0.717) is 6.08 Å². The Labute approximate surface area is 196 Å². The molecule has 12 heteroatoms. The van der Waals surface area contributed by atoms with Crippen molar-refractivity contribution in [3.05, 3.63) is 89.4 Å². The van der Waals surface area contributed by atoms with E-state index in [1.54, 1.807) is 0 Å². The van der Waals surface area contributed by atoms with Gasteiger partial charge >= 0.3 is 12.4 Å². The van der Waals surface area contributed by atoms with Crippen molar-refractivity contribution in [2.24, 2.45) is 0 Å². The number of pyridine rings is 2.